The Morgan fingerprint density at radius 1 is 1.37 bits per heavy atom. The van der Waals surface area contributed by atoms with Crippen LogP contribution in [0.3, 0.4) is 0 Å². The van der Waals surface area contributed by atoms with Gasteiger partial charge in [-0.1, -0.05) is 26.0 Å². The second-order valence-corrected chi connectivity index (χ2v) is 5.52. The lowest BCUT2D eigenvalue weighted by atomic mass is 9.95. The van der Waals surface area contributed by atoms with E-state index in [1.54, 1.807) is 24.3 Å². The SMILES string of the molecule is CC(C)(CO)CNC(=O)[C@@H](N)Cc1ccc(O)cc1. The first-order valence-electron chi connectivity index (χ1n) is 6.26. The lowest BCUT2D eigenvalue weighted by Crippen LogP contribution is -2.45. The maximum atomic E-state index is 11.8. The van der Waals surface area contributed by atoms with Crippen molar-refractivity contribution < 1.29 is 15.0 Å². The van der Waals surface area contributed by atoms with E-state index in [9.17, 15) is 4.79 Å². The molecule has 0 aromatic heterocycles. The van der Waals surface area contributed by atoms with Gasteiger partial charge in [0.05, 0.1) is 6.04 Å². The number of amides is 1. The third-order valence-corrected chi connectivity index (χ3v) is 2.90. The lowest BCUT2D eigenvalue weighted by molar-refractivity contribution is -0.122. The summed E-state index contributed by atoms with van der Waals surface area (Å²) in [7, 11) is 0. The van der Waals surface area contributed by atoms with Crippen LogP contribution in [0.25, 0.3) is 0 Å². The summed E-state index contributed by atoms with van der Waals surface area (Å²) in [5, 5.41) is 21.0. The number of aliphatic hydroxyl groups excluding tert-OH is 1. The van der Waals surface area contributed by atoms with Gasteiger partial charge in [-0.3, -0.25) is 4.79 Å². The average molecular weight is 266 g/mol. The predicted octanol–water partition coefficient (Wildman–Crippen LogP) is 0.397. The summed E-state index contributed by atoms with van der Waals surface area (Å²) in [6, 6.07) is 5.96. The molecular formula is C14H22N2O3. The molecule has 1 atom stereocenters. The van der Waals surface area contributed by atoms with Gasteiger partial charge in [0, 0.05) is 18.6 Å². The molecule has 1 rings (SSSR count). The van der Waals surface area contributed by atoms with Gasteiger partial charge in [0.25, 0.3) is 0 Å². The van der Waals surface area contributed by atoms with E-state index in [4.69, 9.17) is 15.9 Å². The third kappa shape index (κ3) is 5.28. The molecule has 5 nitrogen and oxygen atoms in total. The highest BCUT2D eigenvalue weighted by molar-refractivity contribution is 5.81. The number of nitrogens with two attached hydrogens (primary N) is 1. The van der Waals surface area contributed by atoms with Gasteiger partial charge >= 0.3 is 0 Å². The van der Waals surface area contributed by atoms with Crippen molar-refractivity contribution in [3.63, 3.8) is 0 Å². The molecule has 0 aliphatic heterocycles. The molecule has 5 N–H and O–H groups in total. The lowest BCUT2D eigenvalue weighted by Gasteiger charge is -2.23. The van der Waals surface area contributed by atoms with Gasteiger partial charge in [0.15, 0.2) is 0 Å². The molecule has 0 bridgehead atoms. The number of nitrogens with one attached hydrogen (secondary N) is 1. The zero-order chi connectivity index (χ0) is 14.5. The van der Waals surface area contributed by atoms with Crippen molar-refractivity contribution in [2.24, 2.45) is 11.1 Å². The second kappa shape index (κ2) is 6.54. The number of hydrogen-bond acceptors (Lipinski definition) is 4. The van der Waals surface area contributed by atoms with Crippen LogP contribution >= 0.6 is 0 Å². The largest absolute Gasteiger partial charge is 0.508 e. The van der Waals surface area contributed by atoms with Gasteiger partial charge in [0.1, 0.15) is 5.75 Å². The molecule has 0 fully saturated rings. The van der Waals surface area contributed by atoms with Crippen LogP contribution in [0.2, 0.25) is 0 Å². The van der Waals surface area contributed by atoms with Crippen molar-refractivity contribution in [2.45, 2.75) is 26.3 Å². The van der Waals surface area contributed by atoms with Crippen LogP contribution in [0, 0.1) is 5.41 Å². The highest BCUT2D eigenvalue weighted by Crippen LogP contribution is 2.12. The topological polar surface area (TPSA) is 95.6 Å². The molecule has 0 spiro atoms. The number of aliphatic hydroxyl groups is 1. The normalized spacial score (nSPS) is 13.1. The van der Waals surface area contributed by atoms with E-state index in [0.717, 1.165) is 5.56 Å². The molecule has 0 radical (unpaired) electrons. The number of carbonyl (C=O) groups is 1. The monoisotopic (exact) mass is 266 g/mol. The zero-order valence-corrected chi connectivity index (χ0v) is 11.4. The molecule has 0 aliphatic carbocycles. The van der Waals surface area contributed by atoms with Crippen molar-refractivity contribution in [3.05, 3.63) is 29.8 Å². The number of hydrogen-bond donors (Lipinski definition) is 4. The van der Waals surface area contributed by atoms with Gasteiger partial charge in [-0.15, -0.1) is 0 Å². The molecule has 19 heavy (non-hydrogen) atoms. The predicted molar refractivity (Wildman–Crippen MR) is 73.7 cm³/mol. The summed E-state index contributed by atoms with van der Waals surface area (Å²) >= 11 is 0. The summed E-state index contributed by atoms with van der Waals surface area (Å²) in [4.78, 5) is 11.8. The van der Waals surface area contributed by atoms with E-state index in [2.05, 4.69) is 5.32 Å². The quantitative estimate of drug-likeness (QED) is 0.599. The minimum atomic E-state index is -0.640. The Labute approximate surface area is 113 Å². The highest BCUT2D eigenvalue weighted by atomic mass is 16.3. The molecule has 1 amide bonds. The van der Waals surface area contributed by atoms with Crippen LogP contribution in [0.1, 0.15) is 19.4 Å². The van der Waals surface area contributed by atoms with Gasteiger partial charge < -0.3 is 21.3 Å². The minimum Gasteiger partial charge on any atom is -0.508 e. The Morgan fingerprint density at radius 3 is 2.47 bits per heavy atom. The Kier molecular flexibility index (Phi) is 5.32. The van der Waals surface area contributed by atoms with E-state index >= 15 is 0 Å². The van der Waals surface area contributed by atoms with Crippen molar-refractivity contribution in [1.29, 1.82) is 0 Å². The number of phenolic OH excluding ortho intramolecular Hbond substituents is 1. The molecule has 5 heteroatoms. The summed E-state index contributed by atoms with van der Waals surface area (Å²) < 4.78 is 0. The van der Waals surface area contributed by atoms with E-state index in [-0.39, 0.29) is 23.7 Å². The smallest absolute Gasteiger partial charge is 0.237 e. The van der Waals surface area contributed by atoms with Gasteiger partial charge in [-0.05, 0) is 24.1 Å². The van der Waals surface area contributed by atoms with Crippen LogP contribution in [-0.4, -0.2) is 35.3 Å². The molecule has 0 unspecified atom stereocenters. The van der Waals surface area contributed by atoms with Crippen LogP contribution in [-0.2, 0) is 11.2 Å². The maximum absolute atomic E-state index is 11.8. The minimum absolute atomic E-state index is 0.000476. The van der Waals surface area contributed by atoms with Crippen LogP contribution in [0.4, 0.5) is 0 Å². The number of aromatic hydroxyl groups is 1. The number of phenols is 1. The Bertz CT molecular complexity index is 415. The van der Waals surface area contributed by atoms with E-state index in [1.165, 1.54) is 0 Å². The Morgan fingerprint density at radius 2 is 1.95 bits per heavy atom. The fourth-order valence-electron chi connectivity index (χ4n) is 1.49. The van der Waals surface area contributed by atoms with Crippen molar-refractivity contribution >= 4 is 5.91 Å². The molecule has 1 aromatic carbocycles. The number of benzene rings is 1. The highest BCUT2D eigenvalue weighted by Gasteiger charge is 2.20. The molecule has 0 heterocycles. The molecule has 0 saturated heterocycles. The van der Waals surface area contributed by atoms with E-state index in [0.29, 0.717) is 13.0 Å². The van der Waals surface area contributed by atoms with Gasteiger partial charge in [-0.2, -0.15) is 0 Å². The van der Waals surface area contributed by atoms with E-state index in [1.807, 2.05) is 13.8 Å². The van der Waals surface area contributed by atoms with Crippen molar-refractivity contribution in [3.8, 4) is 5.75 Å². The molecule has 0 aliphatic rings. The van der Waals surface area contributed by atoms with Crippen molar-refractivity contribution in [2.75, 3.05) is 13.2 Å². The maximum Gasteiger partial charge on any atom is 0.237 e. The average Bonchev–Trinajstić information content (AvgIpc) is 2.38. The van der Waals surface area contributed by atoms with Crippen LogP contribution < -0.4 is 11.1 Å². The zero-order valence-electron chi connectivity index (χ0n) is 11.4. The summed E-state index contributed by atoms with van der Waals surface area (Å²) in [5.74, 6) is -0.0546. The first-order valence-corrected chi connectivity index (χ1v) is 6.26. The summed E-state index contributed by atoms with van der Waals surface area (Å²) in [6.45, 7) is 4.10. The first kappa shape index (κ1) is 15.5. The first-order chi connectivity index (χ1) is 8.84. The molecule has 1 aromatic rings. The third-order valence-electron chi connectivity index (χ3n) is 2.90. The molecular weight excluding hydrogens is 244 g/mol. The standard InChI is InChI=1S/C14H22N2O3/c1-14(2,9-17)8-16-13(19)12(15)7-10-3-5-11(18)6-4-10/h3-6,12,17-18H,7-9,15H2,1-2H3,(H,16,19)/t12-/m0/s1. The van der Waals surface area contributed by atoms with Crippen molar-refractivity contribution in [1.82, 2.24) is 5.32 Å². The van der Waals surface area contributed by atoms with E-state index < -0.39 is 6.04 Å². The van der Waals surface area contributed by atoms with Gasteiger partial charge in [-0.25, -0.2) is 0 Å². The van der Waals surface area contributed by atoms with Gasteiger partial charge in [0.2, 0.25) is 5.91 Å². The molecule has 0 saturated carbocycles. The summed E-state index contributed by atoms with van der Waals surface area (Å²) in [5.41, 5.74) is 6.36. The molecule has 106 valence electrons. The fourth-order valence-corrected chi connectivity index (χ4v) is 1.49. The fraction of sp³-hybridized carbons (Fsp3) is 0.500. The summed E-state index contributed by atoms with van der Waals surface area (Å²) in [6.07, 6.45) is 0.408. The Hall–Kier alpha value is -1.59. The Balaban J connectivity index is 2.47. The second-order valence-electron chi connectivity index (χ2n) is 5.52. The number of carbonyl (C=O) groups excluding carboxylic acids is 1. The number of rotatable bonds is 6. The van der Waals surface area contributed by atoms with Crippen LogP contribution in [0.15, 0.2) is 24.3 Å². The van der Waals surface area contributed by atoms with Crippen LogP contribution in [0.5, 0.6) is 5.75 Å².